The Morgan fingerprint density at radius 2 is 1.97 bits per heavy atom. The van der Waals surface area contributed by atoms with Crippen molar-refractivity contribution in [2.75, 3.05) is 11.5 Å². The summed E-state index contributed by atoms with van der Waals surface area (Å²) in [5.74, 6) is -0.259. The molecule has 29 heavy (non-hydrogen) atoms. The Balaban J connectivity index is 1.81. The molecule has 2 aromatic heterocycles. The normalized spacial score (nSPS) is 21.0. The molecular weight excluding hydrogens is 388 g/mol. The molecular formula is C21H24N4O3S. The smallest absolute Gasteiger partial charge is 0.252 e. The van der Waals surface area contributed by atoms with Crippen LogP contribution >= 0.6 is 0 Å². The van der Waals surface area contributed by atoms with Crippen LogP contribution in [0.5, 0.6) is 0 Å². The van der Waals surface area contributed by atoms with E-state index >= 15 is 0 Å². The molecule has 8 heteroatoms. The third kappa shape index (κ3) is 3.76. The maximum atomic E-state index is 13.2. The minimum Gasteiger partial charge on any atom is -0.346 e. The van der Waals surface area contributed by atoms with E-state index < -0.39 is 15.4 Å². The van der Waals surface area contributed by atoms with Crippen LogP contribution in [0.4, 0.5) is 0 Å². The van der Waals surface area contributed by atoms with Crippen molar-refractivity contribution >= 4 is 26.8 Å². The molecule has 1 fully saturated rings. The zero-order chi connectivity index (χ0) is 20.8. The summed E-state index contributed by atoms with van der Waals surface area (Å²) in [5, 5.41) is 8.03. The maximum Gasteiger partial charge on any atom is 0.252 e. The number of carbonyl (C=O) groups is 1. The first-order chi connectivity index (χ1) is 13.7. The summed E-state index contributed by atoms with van der Waals surface area (Å²) in [6.45, 7) is 5.80. The summed E-state index contributed by atoms with van der Waals surface area (Å²) >= 11 is 0. The predicted molar refractivity (Wildman–Crippen MR) is 112 cm³/mol. The molecule has 0 bridgehead atoms. The number of nitrogens with zero attached hydrogens (tertiary/aromatic N) is 3. The number of hydrogen-bond donors (Lipinski definition) is 1. The minimum absolute atomic E-state index is 0.0449. The van der Waals surface area contributed by atoms with Crippen LogP contribution in [0.15, 0.2) is 42.6 Å². The fourth-order valence-corrected chi connectivity index (χ4v) is 5.88. The van der Waals surface area contributed by atoms with Gasteiger partial charge in [-0.05, 0) is 33.3 Å². The Labute approximate surface area is 170 Å². The number of nitrogens with one attached hydrogen (secondary N) is 1. The van der Waals surface area contributed by atoms with Crippen LogP contribution < -0.4 is 5.32 Å². The molecule has 1 amide bonds. The summed E-state index contributed by atoms with van der Waals surface area (Å²) in [6, 6.07) is 11.5. The molecule has 3 aromatic rings. The zero-order valence-electron chi connectivity index (χ0n) is 16.7. The molecule has 1 atom stereocenters. The summed E-state index contributed by atoms with van der Waals surface area (Å²) in [5.41, 5.74) is 1.89. The van der Waals surface area contributed by atoms with Gasteiger partial charge in [-0.25, -0.2) is 18.1 Å². The molecule has 0 radical (unpaired) electrons. The summed E-state index contributed by atoms with van der Waals surface area (Å²) in [7, 11) is -3.13. The largest absolute Gasteiger partial charge is 0.346 e. The van der Waals surface area contributed by atoms with Crippen molar-refractivity contribution in [3.8, 4) is 11.3 Å². The number of sulfone groups is 1. The van der Waals surface area contributed by atoms with Crippen LogP contribution in [0.2, 0.25) is 0 Å². The first-order valence-electron chi connectivity index (χ1n) is 9.64. The van der Waals surface area contributed by atoms with E-state index in [2.05, 4.69) is 10.4 Å². The van der Waals surface area contributed by atoms with Crippen molar-refractivity contribution in [2.24, 2.45) is 0 Å². The number of rotatable bonds is 4. The molecule has 1 unspecified atom stereocenters. The molecule has 0 spiro atoms. The summed E-state index contributed by atoms with van der Waals surface area (Å²) in [6.07, 6.45) is 2.06. The van der Waals surface area contributed by atoms with Crippen molar-refractivity contribution < 1.29 is 13.2 Å². The van der Waals surface area contributed by atoms with Crippen LogP contribution in [0.3, 0.4) is 0 Å². The first kappa shape index (κ1) is 19.6. The average Bonchev–Trinajstić information content (AvgIpc) is 3.21. The van der Waals surface area contributed by atoms with Gasteiger partial charge in [0, 0.05) is 11.6 Å². The second kappa shape index (κ2) is 6.95. The second-order valence-corrected chi connectivity index (χ2v) is 10.4. The first-order valence-corrected chi connectivity index (χ1v) is 11.5. The van der Waals surface area contributed by atoms with E-state index in [0.717, 1.165) is 5.56 Å². The molecule has 1 saturated heterocycles. The highest BCUT2D eigenvalue weighted by molar-refractivity contribution is 7.91. The Bertz CT molecular complexity index is 1190. The number of benzene rings is 1. The molecule has 3 heterocycles. The van der Waals surface area contributed by atoms with Gasteiger partial charge in [0.05, 0.1) is 39.9 Å². The van der Waals surface area contributed by atoms with E-state index in [1.165, 1.54) is 0 Å². The van der Waals surface area contributed by atoms with E-state index in [4.69, 9.17) is 4.98 Å². The number of amides is 1. The molecule has 1 aliphatic heterocycles. The number of hydrogen-bond acceptors (Lipinski definition) is 5. The van der Waals surface area contributed by atoms with Crippen molar-refractivity contribution in [3.63, 3.8) is 0 Å². The lowest BCUT2D eigenvalue weighted by Gasteiger charge is -2.24. The van der Waals surface area contributed by atoms with Crippen LogP contribution in [-0.2, 0) is 9.84 Å². The molecule has 0 aliphatic carbocycles. The zero-order valence-corrected chi connectivity index (χ0v) is 17.5. The number of carbonyl (C=O) groups excluding carboxylic acids is 1. The SMILES string of the molecule is CC(C)n1ncc2c(C(=O)NC3(C)CCS(=O)(=O)C3)cc(-c3ccccc3)nc21. The molecule has 152 valence electrons. The molecule has 1 N–H and O–H groups in total. The van der Waals surface area contributed by atoms with Gasteiger partial charge in [-0.15, -0.1) is 0 Å². The van der Waals surface area contributed by atoms with E-state index in [0.29, 0.717) is 28.7 Å². The van der Waals surface area contributed by atoms with Gasteiger partial charge in [-0.2, -0.15) is 5.10 Å². The fourth-order valence-electron chi connectivity index (χ4n) is 3.79. The van der Waals surface area contributed by atoms with Crippen molar-refractivity contribution in [3.05, 3.63) is 48.2 Å². The van der Waals surface area contributed by atoms with Crippen LogP contribution in [0.1, 0.15) is 43.6 Å². The minimum atomic E-state index is -3.13. The molecule has 7 nitrogen and oxygen atoms in total. The van der Waals surface area contributed by atoms with Crippen LogP contribution in [0.25, 0.3) is 22.3 Å². The van der Waals surface area contributed by atoms with E-state index in [-0.39, 0.29) is 23.5 Å². The van der Waals surface area contributed by atoms with Gasteiger partial charge in [0.2, 0.25) is 0 Å². The van der Waals surface area contributed by atoms with Crippen LogP contribution in [-0.4, -0.2) is 46.1 Å². The quantitative estimate of drug-likeness (QED) is 0.711. The van der Waals surface area contributed by atoms with E-state index in [1.807, 2.05) is 44.2 Å². The van der Waals surface area contributed by atoms with Crippen LogP contribution in [0, 0.1) is 0 Å². The van der Waals surface area contributed by atoms with Gasteiger partial charge >= 0.3 is 0 Å². The number of pyridine rings is 1. The Hall–Kier alpha value is -2.74. The lowest BCUT2D eigenvalue weighted by Crippen LogP contribution is -2.47. The number of aromatic nitrogens is 3. The number of fused-ring (bicyclic) bond motifs is 1. The lowest BCUT2D eigenvalue weighted by molar-refractivity contribution is 0.0917. The Kier molecular flexibility index (Phi) is 4.69. The third-order valence-electron chi connectivity index (χ3n) is 5.29. The summed E-state index contributed by atoms with van der Waals surface area (Å²) < 4.78 is 25.6. The molecule has 0 saturated carbocycles. The van der Waals surface area contributed by atoms with Crippen molar-refractivity contribution in [2.45, 2.75) is 38.8 Å². The monoisotopic (exact) mass is 412 g/mol. The second-order valence-electron chi connectivity index (χ2n) is 8.20. The third-order valence-corrected chi connectivity index (χ3v) is 7.19. The van der Waals surface area contributed by atoms with Gasteiger partial charge in [0.1, 0.15) is 0 Å². The highest BCUT2D eigenvalue weighted by Gasteiger charge is 2.40. The summed E-state index contributed by atoms with van der Waals surface area (Å²) in [4.78, 5) is 18.0. The highest BCUT2D eigenvalue weighted by Crippen LogP contribution is 2.28. The van der Waals surface area contributed by atoms with Crippen molar-refractivity contribution in [1.82, 2.24) is 20.1 Å². The Morgan fingerprint density at radius 3 is 2.59 bits per heavy atom. The van der Waals surface area contributed by atoms with E-state index in [1.54, 1.807) is 23.9 Å². The fraction of sp³-hybridized carbons (Fsp3) is 0.381. The lowest BCUT2D eigenvalue weighted by atomic mass is 10.00. The van der Waals surface area contributed by atoms with E-state index in [9.17, 15) is 13.2 Å². The molecule has 1 aliphatic rings. The highest BCUT2D eigenvalue weighted by atomic mass is 32.2. The predicted octanol–water partition coefficient (Wildman–Crippen LogP) is 2.99. The van der Waals surface area contributed by atoms with Gasteiger partial charge in [0.25, 0.3) is 5.91 Å². The van der Waals surface area contributed by atoms with Gasteiger partial charge in [0.15, 0.2) is 15.5 Å². The molecule has 4 rings (SSSR count). The average molecular weight is 413 g/mol. The topological polar surface area (TPSA) is 94.0 Å². The standard InChI is InChI=1S/C21H24N4O3S/c1-14(2)25-19-17(12-22-25)16(11-18(23-19)15-7-5-4-6-8-15)20(26)24-21(3)9-10-29(27,28)13-21/h4-8,11-12,14H,9-10,13H2,1-3H3,(H,24,26). The maximum absolute atomic E-state index is 13.2. The van der Waals surface area contributed by atoms with Gasteiger partial charge < -0.3 is 5.32 Å². The van der Waals surface area contributed by atoms with Gasteiger partial charge in [-0.1, -0.05) is 30.3 Å². The molecule has 1 aromatic carbocycles. The van der Waals surface area contributed by atoms with Gasteiger partial charge in [-0.3, -0.25) is 4.79 Å². The Morgan fingerprint density at radius 1 is 1.24 bits per heavy atom. The van der Waals surface area contributed by atoms with Crippen molar-refractivity contribution in [1.29, 1.82) is 0 Å².